The predicted molar refractivity (Wildman–Crippen MR) is 102 cm³/mol. The van der Waals surface area contributed by atoms with E-state index in [4.69, 9.17) is 26.3 Å². The molecule has 1 saturated heterocycles. The first kappa shape index (κ1) is 16.3. The van der Waals surface area contributed by atoms with Crippen LogP contribution in [0.15, 0.2) is 48.5 Å². The summed E-state index contributed by atoms with van der Waals surface area (Å²) in [5.41, 5.74) is 2.88. The third kappa shape index (κ3) is 3.32. The number of hydrogen-bond donors (Lipinski definition) is 0. The Bertz CT molecular complexity index is 890. The van der Waals surface area contributed by atoms with Crippen molar-refractivity contribution in [3.63, 3.8) is 0 Å². The molecule has 0 spiro atoms. The molecule has 5 heteroatoms. The van der Waals surface area contributed by atoms with E-state index in [9.17, 15) is 0 Å². The fourth-order valence-corrected chi connectivity index (χ4v) is 3.56. The highest BCUT2D eigenvalue weighted by molar-refractivity contribution is 6.31. The highest BCUT2D eigenvalue weighted by atomic mass is 35.5. The fraction of sp³-hybridized carbons (Fsp3) is 0.300. The zero-order valence-electron chi connectivity index (χ0n) is 14.3. The molecule has 1 fully saturated rings. The number of nitrogens with zero attached hydrogens (tertiary/aromatic N) is 3. The number of morpholine rings is 1. The number of anilines is 1. The second-order valence-electron chi connectivity index (χ2n) is 6.56. The minimum Gasteiger partial charge on any atom is -0.372 e. The minimum absolute atomic E-state index is 0.161. The molecule has 1 aromatic heterocycles. The van der Waals surface area contributed by atoms with E-state index in [0.717, 1.165) is 41.2 Å². The molecule has 2 atom stereocenters. The third-order valence-electron chi connectivity index (χ3n) is 4.40. The van der Waals surface area contributed by atoms with Gasteiger partial charge < -0.3 is 9.64 Å². The van der Waals surface area contributed by atoms with Gasteiger partial charge in [-0.2, -0.15) is 0 Å². The summed E-state index contributed by atoms with van der Waals surface area (Å²) >= 11 is 6.22. The van der Waals surface area contributed by atoms with Crippen LogP contribution in [0, 0.1) is 0 Å². The van der Waals surface area contributed by atoms with Crippen LogP contribution >= 0.6 is 11.6 Å². The third-order valence-corrected chi connectivity index (χ3v) is 4.63. The van der Waals surface area contributed by atoms with Crippen molar-refractivity contribution in [2.45, 2.75) is 26.1 Å². The van der Waals surface area contributed by atoms with E-state index in [1.807, 2.05) is 36.4 Å². The van der Waals surface area contributed by atoms with Gasteiger partial charge in [-0.05, 0) is 32.0 Å². The second-order valence-corrected chi connectivity index (χ2v) is 7.00. The standard InChI is InChI=1S/C20H20ClN3O/c1-13-11-24(12-14(2)25-13)20-22-18-9-8-16(21)10-17(18)19(23-20)15-6-4-3-5-7-15/h3-10,13-14H,11-12H2,1-2H3. The maximum atomic E-state index is 6.22. The van der Waals surface area contributed by atoms with Gasteiger partial charge in [-0.15, -0.1) is 0 Å². The van der Waals surface area contributed by atoms with Crippen LogP contribution in [-0.2, 0) is 4.74 Å². The van der Waals surface area contributed by atoms with E-state index in [2.05, 4.69) is 30.9 Å². The van der Waals surface area contributed by atoms with Crippen LogP contribution in [0.5, 0.6) is 0 Å². The molecular weight excluding hydrogens is 334 g/mol. The van der Waals surface area contributed by atoms with Gasteiger partial charge in [-0.1, -0.05) is 41.9 Å². The van der Waals surface area contributed by atoms with Crippen molar-refractivity contribution in [2.75, 3.05) is 18.0 Å². The first-order chi connectivity index (χ1) is 12.1. The Hall–Kier alpha value is -2.17. The highest BCUT2D eigenvalue weighted by Crippen LogP contribution is 2.30. The molecule has 128 valence electrons. The number of aromatic nitrogens is 2. The molecule has 0 radical (unpaired) electrons. The lowest BCUT2D eigenvalue weighted by molar-refractivity contribution is -0.00569. The van der Waals surface area contributed by atoms with Crippen LogP contribution in [0.2, 0.25) is 5.02 Å². The van der Waals surface area contributed by atoms with Gasteiger partial charge in [-0.3, -0.25) is 0 Å². The SMILES string of the molecule is CC1CN(c2nc(-c3ccccc3)c3cc(Cl)ccc3n2)CC(C)O1. The van der Waals surface area contributed by atoms with Crippen molar-refractivity contribution >= 4 is 28.5 Å². The summed E-state index contributed by atoms with van der Waals surface area (Å²) in [7, 11) is 0. The largest absolute Gasteiger partial charge is 0.372 e. The van der Waals surface area contributed by atoms with Gasteiger partial charge in [0.15, 0.2) is 0 Å². The summed E-state index contributed by atoms with van der Waals surface area (Å²) in [6.07, 6.45) is 0.321. The molecule has 0 bridgehead atoms. The smallest absolute Gasteiger partial charge is 0.226 e. The lowest BCUT2D eigenvalue weighted by Crippen LogP contribution is -2.46. The minimum atomic E-state index is 0.161. The van der Waals surface area contributed by atoms with Crippen LogP contribution in [0.1, 0.15) is 13.8 Å². The average Bonchev–Trinajstić information content (AvgIpc) is 2.61. The van der Waals surface area contributed by atoms with E-state index >= 15 is 0 Å². The molecule has 25 heavy (non-hydrogen) atoms. The number of hydrogen-bond acceptors (Lipinski definition) is 4. The summed E-state index contributed by atoms with van der Waals surface area (Å²) in [5.74, 6) is 0.746. The molecule has 0 amide bonds. The number of fused-ring (bicyclic) bond motifs is 1. The van der Waals surface area contributed by atoms with E-state index in [-0.39, 0.29) is 12.2 Å². The topological polar surface area (TPSA) is 38.2 Å². The van der Waals surface area contributed by atoms with Crippen LogP contribution in [-0.4, -0.2) is 35.3 Å². The van der Waals surface area contributed by atoms with Gasteiger partial charge in [0, 0.05) is 29.1 Å². The van der Waals surface area contributed by atoms with Crippen molar-refractivity contribution < 1.29 is 4.74 Å². The normalized spacial score (nSPS) is 20.8. The molecule has 2 unspecified atom stereocenters. The zero-order chi connectivity index (χ0) is 17.4. The van der Waals surface area contributed by atoms with Gasteiger partial charge in [0.25, 0.3) is 0 Å². The quantitative estimate of drug-likeness (QED) is 0.676. The summed E-state index contributed by atoms with van der Waals surface area (Å²) in [4.78, 5) is 11.9. The molecule has 1 aliphatic heterocycles. The van der Waals surface area contributed by atoms with Crippen molar-refractivity contribution in [2.24, 2.45) is 0 Å². The summed E-state index contributed by atoms with van der Waals surface area (Å²) in [5, 5.41) is 1.66. The van der Waals surface area contributed by atoms with E-state index < -0.39 is 0 Å². The molecule has 0 N–H and O–H groups in total. The number of halogens is 1. The molecule has 4 rings (SSSR count). The summed E-state index contributed by atoms with van der Waals surface area (Å²) < 4.78 is 5.84. The Balaban J connectivity index is 1.88. The maximum Gasteiger partial charge on any atom is 0.226 e. The molecule has 4 nitrogen and oxygen atoms in total. The summed E-state index contributed by atoms with van der Waals surface area (Å²) in [6.45, 7) is 5.75. The molecule has 2 heterocycles. The summed E-state index contributed by atoms with van der Waals surface area (Å²) in [6, 6.07) is 16.0. The first-order valence-electron chi connectivity index (χ1n) is 8.53. The van der Waals surface area contributed by atoms with Crippen molar-refractivity contribution in [1.29, 1.82) is 0 Å². The molecule has 2 aromatic carbocycles. The molecule has 3 aromatic rings. The fourth-order valence-electron chi connectivity index (χ4n) is 3.39. The number of rotatable bonds is 2. The molecule has 0 aliphatic carbocycles. The lowest BCUT2D eigenvalue weighted by Gasteiger charge is -2.35. The van der Waals surface area contributed by atoms with Crippen LogP contribution < -0.4 is 4.90 Å². The van der Waals surface area contributed by atoms with Crippen molar-refractivity contribution in [3.05, 3.63) is 53.6 Å². The Morgan fingerprint density at radius 2 is 1.72 bits per heavy atom. The van der Waals surface area contributed by atoms with Crippen LogP contribution in [0.4, 0.5) is 5.95 Å². The molecular formula is C20H20ClN3O. The van der Waals surface area contributed by atoms with Gasteiger partial charge in [0.1, 0.15) is 0 Å². The lowest BCUT2D eigenvalue weighted by atomic mass is 10.1. The average molecular weight is 354 g/mol. The number of ether oxygens (including phenoxy) is 1. The Morgan fingerprint density at radius 1 is 1.00 bits per heavy atom. The second kappa shape index (κ2) is 6.62. The predicted octanol–water partition coefficient (Wildman–Crippen LogP) is 4.56. The van der Waals surface area contributed by atoms with Gasteiger partial charge >= 0.3 is 0 Å². The van der Waals surface area contributed by atoms with Crippen LogP contribution in [0.25, 0.3) is 22.2 Å². The van der Waals surface area contributed by atoms with E-state index in [1.165, 1.54) is 0 Å². The van der Waals surface area contributed by atoms with E-state index in [1.54, 1.807) is 0 Å². The Kier molecular flexibility index (Phi) is 4.32. The Morgan fingerprint density at radius 3 is 2.44 bits per heavy atom. The van der Waals surface area contributed by atoms with Crippen molar-refractivity contribution in [3.8, 4) is 11.3 Å². The van der Waals surface area contributed by atoms with Crippen molar-refractivity contribution in [1.82, 2.24) is 9.97 Å². The van der Waals surface area contributed by atoms with E-state index in [0.29, 0.717) is 5.02 Å². The van der Waals surface area contributed by atoms with Gasteiger partial charge in [-0.25, -0.2) is 9.97 Å². The van der Waals surface area contributed by atoms with Crippen LogP contribution in [0.3, 0.4) is 0 Å². The zero-order valence-corrected chi connectivity index (χ0v) is 15.1. The first-order valence-corrected chi connectivity index (χ1v) is 8.91. The maximum absolute atomic E-state index is 6.22. The molecule has 1 aliphatic rings. The van der Waals surface area contributed by atoms with Gasteiger partial charge in [0.2, 0.25) is 5.95 Å². The molecule has 0 saturated carbocycles. The highest BCUT2D eigenvalue weighted by Gasteiger charge is 2.25. The van der Waals surface area contributed by atoms with Gasteiger partial charge in [0.05, 0.1) is 23.4 Å². The Labute approximate surface area is 152 Å². The monoisotopic (exact) mass is 353 g/mol. The number of benzene rings is 2.